The molecule has 19 heavy (non-hydrogen) atoms. The minimum Gasteiger partial charge on any atom is -0.494 e. The molecule has 0 bridgehead atoms. The van der Waals surface area contributed by atoms with E-state index in [0.29, 0.717) is 17.3 Å². The summed E-state index contributed by atoms with van der Waals surface area (Å²) in [5.41, 5.74) is 1.26. The second-order valence-corrected chi connectivity index (χ2v) is 7.55. The molecule has 0 atom stereocenters. The van der Waals surface area contributed by atoms with Gasteiger partial charge in [0.15, 0.2) is 4.21 Å². The molecule has 0 N–H and O–H groups in total. The molecule has 0 aliphatic heterocycles. The lowest BCUT2D eigenvalue weighted by atomic mass is 10.2. The summed E-state index contributed by atoms with van der Waals surface area (Å²) in [6.07, 6.45) is 0. The van der Waals surface area contributed by atoms with Crippen molar-refractivity contribution in [2.24, 2.45) is 0 Å². The quantitative estimate of drug-likeness (QED) is 0.810. The standard InChI is InChI=1S/C12H12ClNO3S2/c1-3-17-10-6-4-9(5-7-10)11-14-8(2)12(18-11)19(13,15)16/h4-7H,3H2,1-2H3. The Kier molecular flexibility index (Phi) is 4.13. The molecule has 0 aliphatic rings. The molecule has 4 nitrogen and oxygen atoms in total. The lowest BCUT2D eigenvalue weighted by Crippen LogP contribution is -1.90. The summed E-state index contributed by atoms with van der Waals surface area (Å²) in [7, 11) is 1.62. The number of hydrogen-bond acceptors (Lipinski definition) is 5. The number of ether oxygens (including phenoxy) is 1. The van der Waals surface area contributed by atoms with Gasteiger partial charge in [0.05, 0.1) is 12.3 Å². The summed E-state index contributed by atoms with van der Waals surface area (Å²) in [6, 6.07) is 7.33. The summed E-state index contributed by atoms with van der Waals surface area (Å²) >= 11 is 1.07. The SMILES string of the molecule is CCOc1ccc(-c2nc(C)c(S(=O)(=O)Cl)s2)cc1. The first-order valence-electron chi connectivity index (χ1n) is 5.57. The van der Waals surface area contributed by atoms with Crippen molar-refractivity contribution in [3.05, 3.63) is 30.0 Å². The van der Waals surface area contributed by atoms with Crippen LogP contribution in [0.3, 0.4) is 0 Å². The van der Waals surface area contributed by atoms with Crippen molar-refractivity contribution >= 4 is 31.1 Å². The fourth-order valence-electron chi connectivity index (χ4n) is 1.59. The Balaban J connectivity index is 2.37. The molecule has 0 saturated heterocycles. The van der Waals surface area contributed by atoms with Gasteiger partial charge in [0.2, 0.25) is 0 Å². The van der Waals surface area contributed by atoms with Crippen LogP contribution in [0.15, 0.2) is 28.5 Å². The molecule has 1 aromatic heterocycles. The van der Waals surface area contributed by atoms with Crippen molar-refractivity contribution < 1.29 is 13.2 Å². The highest BCUT2D eigenvalue weighted by Gasteiger charge is 2.19. The van der Waals surface area contributed by atoms with E-state index in [1.54, 1.807) is 6.92 Å². The molecule has 2 aromatic rings. The normalized spacial score (nSPS) is 11.5. The molecule has 0 fully saturated rings. The number of halogens is 1. The molecule has 2 rings (SSSR count). The van der Waals surface area contributed by atoms with E-state index in [0.717, 1.165) is 22.6 Å². The van der Waals surface area contributed by atoms with Crippen LogP contribution in [0.2, 0.25) is 0 Å². The summed E-state index contributed by atoms with van der Waals surface area (Å²) < 4.78 is 28.1. The highest BCUT2D eigenvalue weighted by molar-refractivity contribution is 8.15. The number of aryl methyl sites for hydroxylation is 1. The van der Waals surface area contributed by atoms with Crippen LogP contribution in [-0.4, -0.2) is 20.0 Å². The molecule has 1 aromatic carbocycles. The van der Waals surface area contributed by atoms with Crippen molar-refractivity contribution in [1.82, 2.24) is 4.98 Å². The third-order valence-electron chi connectivity index (χ3n) is 2.39. The monoisotopic (exact) mass is 317 g/mol. The van der Waals surface area contributed by atoms with Crippen molar-refractivity contribution in [1.29, 1.82) is 0 Å². The Morgan fingerprint density at radius 2 is 1.95 bits per heavy atom. The van der Waals surface area contributed by atoms with Crippen LogP contribution >= 0.6 is 22.0 Å². The molecule has 0 aliphatic carbocycles. The minimum absolute atomic E-state index is 0.0954. The van der Waals surface area contributed by atoms with Crippen LogP contribution < -0.4 is 4.74 Å². The molecule has 7 heteroatoms. The van der Waals surface area contributed by atoms with Gasteiger partial charge in [-0.3, -0.25) is 0 Å². The van der Waals surface area contributed by atoms with E-state index in [1.807, 2.05) is 31.2 Å². The molecule has 0 amide bonds. The van der Waals surface area contributed by atoms with E-state index in [1.165, 1.54) is 0 Å². The zero-order chi connectivity index (χ0) is 14.0. The topological polar surface area (TPSA) is 56.3 Å². The van der Waals surface area contributed by atoms with Crippen molar-refractivity contribution in [3.8, 4) is 16.3 Å². The second kappa shape index (κ2) is 5.48. The van der Waals surface area contributed by atoms with E-state index in [-0.39, 0.29) is 4.21 Å². The maximum Gasteiger partial charge on any atom is 0.272 e. The van der Waals surface area contributed by atoms with Gasteiger partial charge in [-0.2, -0.15) is 0 Å². The Hall–Kier alpha value is -1.11. The Bertz CT molecular complexity index is 678. The fourth-order valence-corrected chi connectivity index (χ4v) is 4.05. The summed E-state index contributed by atoms with van der Waals surface area (Å²) in [6.45, 7) is 4.14. The number of rotatable bonds is 4. The average molecular weight is 318 g/mol. The molecule has 0 spiro atoms. The lowest BCUT2D eigenvalue weighted by molar-refractivity contribution is 0.340. The van der Waals surface area contributed by atoms with E-state index < -0.39 is 9.05 Å². The maximum absolute atomic E-state index is 11.4. The number of hydrogen-bond donors (Lipinski definition) is 0. The summed E-state index contributed by atoms with van der Waals surface area (Å²) in [5, 5.41) is 0.625. The van der Waals surface area contributed by atoms with Crippen LogP contribution in [0.4, 0.5) is 0 Å². The molecule has 0 radical (unpaired) electrons. The van der Waals surface area contributed by atoms with Gasteiger partial charge in [-0.25, -0.2) is 13.4 Å². The van der Waals surface area contributed by atoms with Crippen molar-refractivity contribution in [2.45, 2.75) is 18.1 Å². The van der Waals surface area contributed by atoms with E-state index in [2.05, 4.69) is 4.98 Å². The Labute approximate surface area is 120 Å². The minimum atomic E-state index is -3.73. The first-order valence-corrected chi connectivity index (χ1v) is 8.69. The average Bonchev–Trinajstić information content (AvgIpc) is 2.72. The first kappa shape index (κ1) is 14.3. The van der Waals surface area contributed by atoms with Gasteiger partial charge in [0.1, 0.15) is 10.8 Å². The summed E-state index contributed by atoms with van der Waals surface area (Å²) in [5.74, 6) is 0.768. The Morgan fingerprint density at radius 1 is 1.32 bits per heavy atom. The molecule has 0 unspecified atom stereocenters. The van der Waals surface area contributed by atoms with Crippen LogP contribution in [0.5, 0.6) is 5.75 Å². The van der Waals surface area contributed by atoms with Gasteiger partial charge in [-0.15, -0.1) is 11.3 Å². The fraction of sp³-hybridized carbons (Fsp3) is 0.250. The van der Waals surface area contributed by atoms with Gasteiger partial charge in [0.25, 0.3) is 9.05 Å². The highest BCUT2D eigenvalue weighted by atomic mass is 35.7. The van der Waals surface area contributed by atoms with Gasteiger partial charge in [-0.1, -0.05) is 0 Å². The van der Waals surface area contributed by atoms with Crippen LogP contribution in [-0.2, 0) is 9.05 Å². The number of benzene rings is 1. The predicted octanol–water partition coefficient (Wildman–Crippen LogP) is 3.44. The lowest BCUT2D eigenvalue weighted by Gasteiger charge is -2.02. The van der Waals surface area contributed by atoms with Gasteiger partial charge < -0.3 is 4.74 Å². The van der Waals surface area contributed by atoms with E-state index in [4.69, 9.17) is 15.4 Å². The predicted molar refractivity (Wildman–Crippen MR) is 76.5 cm³/mol. The van der Waals surface area contributed by atoms with Gasteiger partial charge in [0, 0.05) is 16.2 Å². The maximum atomic E-state index is 11.4. The van der Waals surface area contributed by atoms with Gasteiger partial charge in [-0.05, 0) is 38.1 Å². The second-order valence-electron chi connectivity index (χ2n) is 3.79. The first-order chi connectivity index (χ1) is 8.91. The molecule has 102 valence electrons. The molecular formula is C12H12ClNO3S2. The zero-order valence-electron chi connectivity index (χ0n) is 10.4. The Morgan fingerprint density at radius 3 is 2.42 bits per heavy atom. The molecule has 1 heterocycles. The highest BCUT2D eigenvalue weighted by Crippen LogP contribution is 2.33. The summed E-state index contributed by atoms with van der Waals surface area (Å²) in [4.78, 5) is 4.24. The van der Waals surface area contributed by atoms with E-state index in [9.17, 15) is 8.42 Å². The molecular weight excluding hydrogens is 306 g/mol. The van der Waals surface area contributed by atoms with E-state index >= 15 is 0 Å². The smallest absolute Gasteiger partial charge is 0.272 e. The van der Waals surface area contributed by atoms with Crippen molar-refractivity contribution in [2.75, 3.05) is 6.61 Å². The van der Waals surface area contributed by atoms with Crippen LogP contribution in [0.1, 0.15) is 12.6 Å². The third-order valence-corrected chi connectivity index (χ3v) is 5.77. The zero-order valence-corrected chi connectivity index (χ0v) is 12.8. The number of thiazole rings is 1. The van der Waals surface area contributed by atoms with Gasteiger partial charge >= 0.3 is 0 Å². The molecule has 0 saturated carbocycles. The number of nitrogens with zero attached hydrogens (tertiary/aromatic N) is 1. The number of aromatic nitrogens is 1. The third kappa shape index (κ3) is 3.26. The van der Waals surface area contributed by atoms with Crippen LogP contribution in [0, 0.1) is 6.92 Å². The largest absolute Gasteiger partial charge is 0.494 e. The van der Waals surface area contributed by atoms with Crippen molar-refractivity contribution in [3.63, 3.8) is 0 Å². The van der Waals surface area contributed by atoms with Crippen LogP contribution in [0.25, 0.3) is 10.6 Å².